The number of rotatable bonds is 7. The van der Waals surface area contributed by atoms with E-state index >= 15 is 0 Å². The molecule has 0 saturated heterocycles. The number of furan rings is 1. The summed E-state index contributed by atoms with van der Waals surface area (Å²) in [7, 11) is -3.68. The maximum atomic E-state index is 12.2. The van der Waals surface area contributed by atoms with Gasteiger partial charge in [0.25, 0.3) is 10.0 Å². The van der Waals surface area contributed by atoms with Crippen molar-refractivity contribution in [1.29, 1.82) is 0 Å². The first kappa shape index (κ1) is 16.2. The van der Waals surface area contributed by atoms with Crippen molar-refractivity contribution in [2.24, 2.45) is 0 Å². The summed E-state index contributed by atoms with van der Waals surface area (Å²) in [6.07, 6.45) is 1.65. The van der Waals surface area contributed by atoms with Crippen LogP contribution >= 0.6 is 11.3 Å². The van der Waals surface area contributed by atoms with Crippen LogP contribution in [0.15, 0.2) is 33.2 Å². The van der Waals surface area contributed by atoms with E-state index in [0.29, 0.717) is 23.4 Å². The molecule has 0 bridgehead atoms. The molecule has 1 atom stereocenters. The summed E-state index contributed by atoms with van der Waals surface area (Å²) in [5.41, 5.74) is 0. The van der Waals surface area contributed by atoms with Crippen molar-refractivity contribution in [3.63, 3.8) is 0 Å². The van der Waals surface area contributed by atoms with E-state index in [9.17, 15) is 8.42 Å². The minimum atomic E-state index is -3.68. The monoisotopic (exact) mass is 329 g/mol. The Bertz CT molecular complexity index is 663. The van der Waals surface area contributed by atoms with Crippen LogP contribution in [0.5, 0.6) is 0 Å². The Morgan fingerprint density at radius 3 is 2.71 bits per heavy atom. The average molecular weight is 329 g/mol. The van der Waals surface area contributed by atoms with Crippen molar-refractivity contribution in [3.05, 3.63) is 34.5 Å². The average Bonchev–Trinajstić information content (AvgIpc) is 3.07. The van der Waals surface area contributed by atoms with E-state index < -0.39 is 16.1 Å². The number of hydrogen-bond donors (Lipinski definition) is 2. The molecule has 0 saturated carbocycles. The van der Waals surface area contributed by atoms with Gasteiger partial charge in [0.15, 0.2) is 0 Å². The van der Waals surface area contributed by atoms with E-state index in [-0.39, 0.29) is 5.09 Å². The van der Waals surface area contributed by atoms with E-state index in [0.717, 1.165) is 0 Å². The summed E-state index contributed by atoms with van der Waals surface area (Å²) in [6, 6.07) is 3.04. The first-order valence-corrected chi connectivity index (χ1v) is 8.98. The molecular weight excluding hydrogens is 310 g/mol. The van der Waals surface area contributed by atoms with Crippen LogP contribution in [0.3, 0.4) is 0 Å². The van der Waals surface area contributed by atoms with Crippen LogP contribution in [0.25, 0.3) is 0 Å². The predicted molar refractivity (Wildman–Crippen MR) is 81.5 cm³/mol. The zero-order valence-corrected chi connectivity index (χ0v) is 13.8. The molecule has 0 aliphatic carbocycles. The van der Waals surface area contributed by atoms with Crippen LogP contribution in [-0.4, -0.2) is 19.4 Å². The zero-order valence-electron chi connectivity index (χ0n) is 12.2. The van der Waals surface area contributed by atoms with Gasteiger partial charge in [0.1, 0.15) is 10.8 Å². The second-order valence-electron chi connectivity index (χ2n) is 4.97. The fourth-order valence-corrected chi connectivity index (χ4v) is 3.57. The van der Waals surface area contributed by atoms with Gasteiger partial charge >= 0.3 is 0 Å². The highest BCUT2D eigenvalue weighted by atomic mass is 32.2. The van der Waals surface area contributed by atoms with Gasteiger partial charge in [-0.2, -0.15) is 4.72 Å². The molecule has 0 spiro atoms. The summed E-state index contributed by atoms with van der Waals surface area (Å²) >= 11 is 1.40. The number of aromatic nitrogens is 1. The van der Waals surface area contributed by atoms with Crippen LogP contribution in [0, 0.1) is 0 Å². The highest BCUT2D eigenvalue weighted by molar-refractivity contribution is 7.89. The molecule has 0 amide bonds. The van der Waals surface area contributed by atoms with Crippen LogP contribution in [-0.2, 0) is 16.6 Å². The van der Waals surface area contributed by atoms with E-state index in [4.69, 9.17) is 4.42 Å². The van der Waals surface area contributed by atoms with Crippen LogP contribution in [0.1, 0.15) is 37.6 Å². The lowest BCUT2D eigenvalue weighted by atomic mass is 10.3. The summed E-state index contributed by atoms with van der Waals surface area (Å²) in [5, 5.41) is 5.62. The fraction of sp³-hybridized carbons (Fsp3) is 0.462. The second-order valence-corrected chi connectivity index (χ2v) is 7.54. The van der Waals surface area contributed by atoms with E-state index in [1.54, 1.807) is 19.2 Å². The number of thiazole rings is 1. The van der Waals surface area contributed by atoms with Crippen LogP contribution in [0.2, 0.25) is 0 Å². The molecule has 2 aromatic rings. The SMILES string of the molecule is CC(C)NCc1ccc(S(=O)(=O)NC(C)c2nccs2)o1. The fourth-order valence-electron chi connectivity index (χ4n) is 1.69. The maximum Gasteiger partial charge on any atom is 0.274 e. The zero-order chi connectivity index (χ0) is 15.5. The van der Waals surface area contributed by atoms with Gasteiger partial charge in [-0.3, -0.25) is 0 Å². The number of nitrogens with zero attached hydrogens (tertiary/aromatic N) is 1. The lowest BCUT2D eigenvalue weighted by Gasteiger charge is -2.10. The predicted octanol–water partition coefficient (Wildman–Crippen LogP) is 2.27. The number of nitrogens with one attached hydrogen (secondary N) is 2. The molecule has 1 unspecified atom stereocenters. The van der Waals surface area contributed by atoms with Crippen molar-refractivity contribution >= 4 is 21.4 Å². The minimum Gasteiger partial charge on any atom is -0.447 e. The third kappa shape index (κ3) is 4.37. The summed E-state index contributed by atoms with van der Waals surface area (Å²) in [4.78, 5) is 4.10. The third-order valence-corrected chi connectivity index (χ3v) is 5.11. The Kier molecular flexibility index (Phi) is 5.15. The van der Waals surface area contributed by atoms with Crippen LogP contribution < -0.4 is 10.0 Å². The molecule has 116 valence electrons. The topological polar surface area (TPSA) is 84.2 Å². The third-order valence-electron chi connectivity index (χ3n) is 2.74. The smallest absolute Gasteiger partial charge is 0.274 e. The first-order chi connectivity index (χ1) is 9.88. The molecule has 0 aliphatic heterocycles. The Balaban J connectivity index is 2.05. The summed E-state index contributed by atoms with van der Waals surface area (Å²) in [5.74, 6) is 0.589. The molecule has 0 aromatic carbocycles. The molecule has 0 aliphatic rings. The molecule has 8 heteroatoms. The van der Waals surface area contributed by atoms with Crippen molar-refractivity contribution in [3.8, 4) is 0 Å². The normalized spacial score (nSPS) is 13.7. The molecule has 6 nitrogen and oxygen atoms in total. The highest BCUT2D eigenvalue weighted by Crippen LogP contribution is 2.20. The molecule has 2 heterocycles. The highest BCUT2D eigenvalue weighted by Gasteiger charge is 2.23. The van der Waals surface area contributed by atoms with Crippen molar-refractivity contribution < 1.29 is 12.8 Å². The van der Waals surface area contributed by atoms with E-state index in [1.165, 1.54) is 17.4 Å². The van der Waals surface area contributed by atoms with Crippen molar-refractivity contribution in [2.75, 3.05) is 0 Å². The van der Waals surface area contributed by atoms with Gasteiger partial charge in [-0.15, -0.1) is 11.3 Å². The van der Waals surface area contributed by atoms with Gasteiger partial charge in [-0.1, -0.05) is 13.8 Å². The molecule has 2 N–H and O–H groups in total. The first-order valence-electron chi connectivity index (χ1n) is 6.62. The van der Waals surface area contributed by atoms with Crippen LogP contribution in [0.4, 0.5) is 0 Å². The maximum absolute atomic E-state index is 12.2. The second kappa shape index (κ2) is 6.69. The number of sulfonamides is 1. The lowest BCUT2D eigenvalue weighted by molar-refractivity contribution is 0.392. The van der Waals surface area contributed by atoms with Crippen molar-refractivity contribution in [1.82, 2.24) is 15.0 Å². The summed E-state index contributed by atoms with van der Waals surface area (Å²) in [6.45, 7) is 6.27. The molecule has 0 fully saturated rings. The van der Waals surface area contributed by atoms with Gasteiger partial charge < -0.3 is 9.73 Å². The van der Waals surface area contributed by atoms with E-state index in [2.05, 4.69) is 15.0 Å². The molecular formula is C13H19N3O3S2. The number of hydrogen-bond acceptors (Lipinski definition) is 6. The Morgan fingerprint density at radius 2 is 2.10 bits per heavy atom. The van der Waals surface area contributed by atoms with Gasteiger partial charge in [0.05, 0.1) is 12.6 Å². The Morgan fingerprint density at radius 1 is 1.33 bits per heavy atom. The van der Waals surface area contributed by atoms with Gasteiger partial charge in [0.2, 0.25) is 5.09 Å². The molecule has 2 rings (SSSR count). The molecule has 21 heavy (non-hydrogen) atoms. The molecule has 0 radical (unpaired) electrons. The van der Waals surface area contributed by atoms with Gasteiger partial charge in [0, 0.05) is 17.6 Å². The Labute approximate surface area is 128 Å². The van der Waals surface area contributed by atoms with E-state index in [1.807, 2.05) is 19.2 Å². The Hall–Kier alpha value is -1.22. The van der Waals surface area contributed by atoms with Gasteiger partial charge in [-0.05, 0) is 19.1 Å². The lowest BCUT2D eigenvalue weighted by Crippen LogP contribution is -2.26. The quantitative estimate of drug-likeness (QED) is 0.814. The van der Waals surface area contributed by atoms with Crippen molar-refractivity contribution in [2.45, 2.75) is 44.5 Å². The largest absolute Gasteiger partial charge is 0.447 e. The molecule has 2 aromatic heterocycles. The summed E-state index contributed by atoms with van der Waals surface area (Å²) < 4.78 is 32.4. The van der Waals surface area contributed by atoms with Gasteiger partial charge in [-0.25, -0.2) is 13.4 Å². The minimum absolute atomic E-state index is 0.0773. The standard InChI is InChI=1S/C13H19N3O3S2/c1-9(2)15-8-11-4-5-12(19-11)21(17,18)16-10(3)13-14-6-7-20-13/h4-7,9-10,15-16H,8H2,1-3H3.